The largest absolute Gasteiger partial charge is 0.0561 e. The van der Waals surface area contributed by atoms with E-state index >= 15 is 0 Å². The van der Waals surface area contributed by atoms with Crippen molar-refractivity contribution in [1.82, 2.24) is 0 Å². The summed E-state index contributed by atoms with van der Waals surface area (Å²) in [4.78, 5) is 0. The van der Waals surface area contributed by atoms with Gasteiger partial charge in [-0.25, -0.2) is 0 Å². The molecule has 38 heavy (non-hydrogen) atoms. The van der Waals surface area contributed by atoms with Crippen molar-refractivity contribution in [2.24, 2.45) is 0 Å². The first kappa shape index (κ1) is 32.7. The van der Waals surface area contributed by atoms with Crippen molar-refractivity contribution in [1.29, 1.82) is 0 Å². The molecule has 214 valence electrons. The molecule has 2 aromatic carbocycles. The predicted octanol–water partition coefficient (Wildman–Crippen LogP) is 11.3. The molecule has 0 fully saturated rings. The highest BCUT2D eigenvalue weighted by atomic mass is 14.4. The number of benzene rings is 2. The maximum atomic E-state index is 2.58. The average Bonchev–Trinajstić information content (AvgIpc) is 2.66. The first-order valence-corrected chi connectivity index (χ1v) is 15.0. The second-order valence-corrected chi connectivity index (χ2v) is 18.1. The molecule has 0 amide bonds. The molecule has 0 aliphatic rings. The maximum Gasteiger partial charge on any atom is -0.0129 e. The van der Waals surface area contributed by atoms with Crippen molar-refractivity contribution in [2.75, 3.05) is 0 Å². The highest BCUT2D eigenvalue weighted by molar-refractivity contribution is 5.50. The fraction of sp³-hybridized carbons (Fsp3) is 0.684. The summed E-state index contributed by atoms with van der Waals surface area (Å²) in [6.45, 7) is 42.7. The van der Waals surface area contributed by atoms with Gasteiger partial charge in [-0.1, -0.05) is 149 Å². The van der Waals surface area contributed by atoms with Gasteiger partial charge in [0.05, 0.1) is 0 Å². The Morgan fingerprint density at radius 3 is 0.658 bits per heavy atom. The van der Waals surface area contributed by atoms with E-state index in [1.54, 1.807) is 0 Å². The summed E-state index contributed by atoms with van der Waals surface area (Å²) in [6, 6.07) is 10.3. The van der Waals surface area contributed by atoms with Crippen LogP contribution in [0.2, 0.25) is 0 Å². The summed E-state index contributed by atoms with van der Waals surface area (Å²) >= 11 is 0. The van der Waals surface area contributed by atoms with Gasteiger partial charge in [-0.05, 0) is 89.8 Å². The fourth-order valence-corrected chi connectivity index (χ4v) is 5.85. The molecule has 2 rings (SSSR count). The van der Waals surface area contributed by atoms with Crippen LogP contribution in [0, 0.1) is 0 Å². The van der Waals surface area contributed by atoms with E-state index in [2.05, 4.69) is 149 Å². The lowest BCUT2D eigenvalue weighted by atomic mass is 9.69. The van der Waals surface area contributed by atoms with E-state index in [0.29, 0.717) is 0 Å². The molecule has 0 aliphatic heterocycles. The van der Waals surface area contributed by atoms with Gasteiger partial charge in [0.15, 0.2) is 0 Å². The number of rotatable bonds is 3. The minimum atomic E-state index is 0.102. The number of aryl methyl sites for hydroxylation is 2. The van der Waals surface area contributed by atoms with Gasteiger partial charge in [0.25, 0.3) is 0 Å². The number of hydrogen-bond acceptors (Lipinski definition) is 0. The molecule has 0 saturated carbocycles. The summed E-state index contributed by atoms with van der Waals surface area (Å²) < 4.78 is 0. The summed E-state index contributed by atoms with van der Waals surface area (Å²) in [7, 11) is 0. The first-order valence-electron chi connectivity index (χ1n) is 15.0. The van der Waals surface area contributed by atoms with Crippen molar-refractivity contribution in [3.63, 3.8) is 0 Å². The zero-order valence-corrected chi connectivity index (χ0v) is 28.7. The first-order chi connectivity index (χ1) is 16.6. The lowest BCUT2D eigenvalue weighted by molar-refractivity contribution is 0.517. The van der Waals surface area contributed by atoms with Crippen molar-refractivity contribution in [3.8, 4) is 0 Å². The fourth-order valence-electron chi connectivity index (χ4n) is 5.85. The van der Waals surface area contributed by atoms with Gasteiger partial charge in [-0.15, -0.1) is 0 Å². The Hall–Kier alpha value is -1.56. The molecule has 0 bridgehead atoms. The van der Waals surface area contributed by atoms with Crippen molar-refractivity contribution >= 4 is 0 Å². The van der Waals surface area contributed by atoms with Crippen LogP contribution in [-0.4, -0.2) is 0 Å². The Morgan fingerprint density at radius 2 is 0.474 bits per heavy atom. The maximum absolute atomic E-state index is 2.58. The van der Waals surface area contributed by atoms with E-state index < -0.39 is 0 Å². The molecule has 0 nitrogen and oxygen atoms in total. The Kier molecular flexibility index (Phi) is 8.70. The van der Waals surface area contributed by atoms with E-state index in [4.69, 9.17) is 0 Å². The molecular formula is C38H62. The lowest BCUT2D eigenvalue weighted by Gasteiger charge is -2.35. The van der Waals surface area contributed by atoms with Gasteiger partial charge < -0.3 is 0 Å². The quantitative estimate of drug-likeness (QED) is 0.379. The van der Waals surface area contributed by atoms with E-state index in [9.17, 15) is 0 Å². The minimum absolute atomic E-state index is 0.102. The Labute approximate surface area is 238 Å². The Balaban J connectivity index is 2.81. The van der Waals surface area contributed by atoms with E-state index in [1.165, 1.54) is 44.5 Å². The molecule has 0 N–H and O–H groups in total. The molecule has 0 aliphatic carbocycles. The third kappa shape index (κ3) is 7.55. The molecule has 0 heterocycles. The van der Waals surface area contributed by atoms with Gasteiger partial charge >= 0.3 is 0 Å². The Bertz CT molecular complexity index is 1030. The van der Waals surface area contributed by atoms with E-state index in [-0.39, 0.29) is 32.5 Å². The molecular weight excluding hydrogens is 456 g/mol. The van der Waals surface area contributed by atoms with Crippen LogP contribution in [-0.2, 0) is 45.3 Å². The zero-order valence-electron chi connectivity index (χ0n) is 28.7. The molecule has 0 aromatic heterocycles. The van der Waals surface area contributed by atoms with Crippen LogP contribution < -0.4 is 0 Å². The molecule has 0 radical (unpaired) electrons. The standard InChI is InChI=1S/C38H62/c1-33(2,3)27-23-31(37(13,14)15)29(35(7,8)9)21-25(27)19-20-26-22-30(36(10,11)12)32(38(16,17)18)24-28(26)34(4,5)6/h21-24H,19-20H2,1-18H3. The lowest BCUT2D eigenvalue weighted by Crippen LogP contribution is -2.26. The molecule has 0 unspecified atom stereocenters. The number of hydrogen-bond donors (Lipinski definition) is 0. The molecule has 0 heteroatoms. The van der Waals surface area contributed by atoms with Crippen LogP contribution >= 0.6 is 0 Å². The third-order valence-corrected chi connectivity index (χ3v) is 8.00. The van der Waals surface area contributed by atoms with Crippen LogP contribution in [0.5, 0.6) is 0 Å². The predicted molar refractivity (Wildman–Crippen MR) is 172 cm³/mol. The molecule has 2 aromatic rings. The minimum Gasteiger partial charge on any atom is -0.0561 e. The Morgan fingerprint density at radius 1 is 0.289 bits per heavy atom. The van der Waals surface area contributed by atoms with Gasteiger partial charge in [-0.3, -0.25) is 0 Å². The molecule has 0 saturated heterocycles. The SMILES string of the molecule is CC(C)(C)c1cc(C(C)(C)C)c(C(C)(C)C)cc1CCc1cc(C(C)(C)C)c(C(C)(C)C)cc1C(C)(C)C. The average molecular weight is 519 g/mol. The van der Waals surface area contributed by atoms with Crippen LogP contribution in [0.1, 0.15) is 169 Å². The highest BCUT2D eigenvalue weighted by Crippen LogP contribution is 2.42. The van der Waals surface area contributed by atoms with Crippen LogP contribution in [0.4, 0.5) is 0 Å². The second kappa shape index (κ2) is 10.1. The summed E-state index contributed by atoms with van der Waals surface area (Å²) in [5.41, 5.74) is 12.7. The van der Waals surface area contributed by atoms with Crippen LogP contribution in [0.25, 0.3) is 0 Å². The summed E-state index contributed by atoms with van der Waals surface area (Å²) in [5.74, 6) is 0. The van der Waals surface area contributed by atoms with Crippen molar-refractivity contribution in [2.45, 2.75) is 170 Å². The van der Waals surface area contributed by atoms with Gasteiger partial charge in [-0.2, -0.15) is 0 Å². The van der Waals surface area contributed by atoms with E-state index in [1.807, 2.05) is 0 Å². The smallest absolute Gasteiger partial charge is 0.0129 e. The normalized spacial score (nSPS) is 14.3. The molecule has 0 spiro atoms. The third-order valence-electron chi connectivity index (χ3n) is 8.00. The van der Waals surface area contributed by atoms with Gasteiger partial charge in [0.1, 0.15) is 0 Å². The van der Waals surface area contributed by atoms with Gasteiger partial charge in [0, 0.05) is 0 Å². The monoisotopic (exact) mass is 518 g/mol. The molecule has 0 atom stereocenters. The van der Waals surface area contributed by atoms with Crippen LogP contribution in [0.15, 0.2) is 24.3 Å². The topological polar surface area (TPSA) is 0 Å². The summed E-state index contributed by atoms with van der Waals surface area (Å²) in [6.07, 6.45) is 2.14. The zero-order chi connectivity index (χ0) is 29.9. The van der Waals surface area contributed by atoms with E-state index in [0.717, 1.165) is 12.8 Å². The highest BCUT2D eigenvalue weighted by Gasteiger charge is 2.31. The van der Waals surface area contributed by atoms with Crippen LogP contribution in [0.3, 0.4) is 0 Å². The summed E-state index contributed by atoms with van der Waals surface area (Å²) in [5, 5.41) is 0. The van der Waals surface area contributed by atoms with Crippen molar-refractivity contribution in [3.05, 3.63) is 68.8 Å². The second-order valence-electron chi connectivity index (χ2n) is 18.1. The van der Waals surface area contributed by atoms with Crippen molar-refractivity contribution < 1.29 is 0 Å². The van der Waals surface area contributed by atoms with Gasteiger partial charge in [0.2, 0.25) is 0 Å².